The van der Waals surface area contributed by atoms with Crippen LogP contribution in [-0.4, -0.2) is 59.1 Å². The number of hydrogen-bond donors (Lipinski definition) is 1. The third-order valence-corrected chi connectivity index (χ3v) is 5.77. The van der Waals surface area contributed by atoms with Crippen molar-refractivity contribution in [3.63, 3.8) is 0 Å². The third-order valence-electron chi connectivity index (χ3n) is 5.77. The molecule has 0 radical (unpaired) electrons. The quantitative estimate of drug-likeness (QED) is 0.811. The lowest BCUT2D eigenvalue weighted by atomic mass is 10.1. The molecule has 146 valence electrons. The Bertz CT molecular complexity index is 739. The maximum atomic E-state index is 14.1. The Kier molecular flexibility index (Phi) is 5.63. The summed E-state index contributed by atoms with van der Waals surface area (Å²) in [4.78, 5) is 3.61. The number of para-hydroxylation sites is 1. The molecule has 27 heavy (non-hydrogen) atoms. The number of nitrogens with one attached hydrogen (secondary N) is 1. The number of anilines is 1. The van der Waals surface area contributed by atoms with Crippen molar-refractivity contribution in [2.24, 2.45) is 0 Å². The monoisotopic (exact) mass is 375 g/mol. The lowest BCUT2D eigenvalue weighted by Crippen LogP contribution is -3.15. The minimum absolute atomic E-state index is 0.145. The molecule has 0 aliphatic carbocycles. The smallest absolute Gasteiger partial charge is 0.209 e. The molecule has 3 heterocycles. The summed E-state index contributed by atoms with van der Waals surface area (Å²) < 4.78 is 21.8. The van der Waals surface area contributed by atoms with Crippen LogP contribution in [0.2, 0.25) is 0 Å². The molecule has 2 fully saturated rings. The zero-order valence-electron chi connectivity index (χ0n) is 15.9. The molecular formula is C19H28FN6O+. The van der Waals surface area contributed by atoms with Crippen LogP contribution in [0.3, 0.4) is 0 Å². The Balaban J connectivity index is 1.42. The zero-order chi connectivity index (χ0) is 18.6. The van der Waals surface area contributed by atoms with E-state index in [0.717, 1.165) is 64.4 Å². The first-order chi connectivity index (χ1) is 13.3. The summed E-state index contributed by atoms with van der Waals surface area (Å²) in [5.41, 5.74) is 0.702. The van der Waals surface area contributed by atoms with E-state index in [-0.39, 0.29) is 18.0 Å². The van der Waals surface area contributed by atoms with Crippen LogP contribution < -0.4 is 9.80 Å². The standard InChI is InChI=1S/C19H27FN6O/c1-2-17(19-21-22-23-26(19)14-15-6-5-13-27-15)24-9-11-25(12-10-24)18-8-4-3-7-16(18)20/h3-4,7-8,15,17H,2,5-6,9-14H2,1H3/p+1/t15-,17+/m1/s1. The van der Waals surface area contributed by atoms with Crippen LogP contribution >= 0.6 is 0 Å². The van der Waals surface area contributed by atoms with Gasteiger partial charge >= 0.3 is 0 Å². The number of aromatic nitrogens is 4. The van der Waals surface area contributed by atoms with Crippen LogP contribution in [0.5, 0.6) is 0 Å². The van der Waals surface area contributed by atoms with Crippen LogP contribution in [-0.2, 0) is 11.3 Å². The van der Waals surface area contributed by atoms with Crippen LogP contribution in [0, 0.1) is 5.82 Å². The fourth-order valence-corrected chi connectivity index (χ4v) is 4.32. The molecule has 1 aromatic carbocycles. The van der Waals surface area contributed by atoms with Crippen LogP contribution in [0.4, 0.5) is 10.1 Å². The van der Waals surface area contributed by atoms with E-state index in [1.807, 2.05) is 16.8 Å². The molecule has 2 aliphatic heterocycles. The molecule has 0 spiro atoms. The highest BCUT2D eigenvalue weighted by atomic mass is 19.1. The third kappa shape index (κ3) is 3.96. The van der Waals surface area contributed by atoms with Crippen molar-refractivity contribution in [1.82, 2.24) is 20.2 Å². The number of halogens is 1. The predicted molar refractivity (Wildman–Crippen MR) is 99.1 cm³/mol. The maximum absolute atomic E-state index is 14.1. The van der Waals surface area contributed by atoms with Gasteiger partial charge in [0.25, 0.3) is 0 Å². The first kappa shape index (κ1) is 18.3. The highest BCUT2D eigenvalue weighted by molar-refractivity contribution is 5.47. The molecule has 8 heteroatoms. The molecule has 2 aliphatic rings. The molecular weight excluding hydrogens is 347 g/mol. The van der Waals surface area contributed by atoms with Gasteiger partial charge in [-0.2, -0.15) is 0 Å². The first-order valence-electron chi connectivity index (χ1n) is 9.98. The topological polar surface area (TPSA) is 60.5 Å². The summed E-state index contributed by atoms with van der Waals surface area (Å²) in [6, 6.07) is 7.28. The van der Waals surface area contributed by atoms with E-state index in [1.165, 1.54) is 11.0 Å². The van der Waals surface area contributed by atoms with Gasteiger partial charge < -0.3 is 14.5 Å². The van der Waals surface area contributed by atoms with Crippen LogP contribution in [0.25, 0.3) is 0 Å². The van der Waals surface area contributed by atoms with Gasteiger partial charge in [-0.05, 0) is 35.4 Å². The van der Waals surface area contributed by atoms with Gasteiger partial charge in [-0.15, -0.1) is 5.10 Å². The van der Waals surface area contributed by atoms with E-state index in [0.29, 0.717) is 5.69 Å². The van der Waals surface area contributed by atoms with Gasteiger partial charge in [-0.1, -0.05) is 19.1 Å². The van der Waals surface area contributed by atoms with Gasteiger partial charge in [0, 0.05) is 13.0 Å². The highest BCUT2D eigenvalue weighted by Crippen LogP contribution is 2.20. The summed E-state index contributed by atoms with van der Waals surface area (Å²) >= 11 is 0. The van der Waals surface area contributed by atoms with Crippen molar-refractivity contribution >= 4 is 5.69 Å². The molecule has 7 nitrogen and oxygen atoms in total. The van der Waals surface area contributed by atoms with E-state index in [1.54, 1.807) is 6.07 Å². The molecule has 0 unspecified atom stereocenters. The number of hydrogen-bond acceptors (Lipinski definition) is 5. The minimum atomic E-state index is -0.145. The van der Waals surface area contributed by atoms with Gasteiger partial charge in [0.2, 0.25) is 5.82 Å². The summed E-state index contributed by atoms with van der Waals surface area (Å²) in [5.74, 6) is 0.802. The second-order valence-corrected chi connectivity index (χ2v) is 7.41. The second kappa shape index (κ2) is 8.31. The van der Waals surface area contributed by atoms with E-state index < -0.39 is 0 Å². The number of quaternary nitrogens is 1. The summed E-state index contributed by atoms with van der Waals surface area (Å²) in [5, 5.41) is 12.5. The van der Waals surface area contributed by atoms with Crippen LogP contribution in [0.1, 0.15) is 38.1 Å². The molecule has 2 atom stereocenters. The molecule has 2 aromatic rings. The van der Waals surface area contributed by atoms with Gasteiger partial charge in [-0.25, -0.2) is 9.07 Å². The molecule has 0 bridgehead atoms. The number of tetrazole rings is 1. The zero-order valence-corrected chi connectivity index (χ0v) is 15.9. The Labute approximate surface area is 159 Å². The van der Waals surface area contributed by atoms with Gasteiger partial charge in [-0.3, -0.25) is 0 Å². The Morgan fingerprint density at radius 3 is 2.81 bits per heavy atom. The number of ether oxygens (including phenoxy) is 1. The number of benzene rings is 1. The fourth-order valence-electron chi connectivity index (χ4n) is 4.32. The van der Waals surface area contributed by atoms with Crippen molar-refractivity contribution in [3.05, 3.63) is 35.9 Å². The molecule has 0 saturated carbocycles. The van der Waals surface area contributed by atoms with Crippen molar-refractivity contribution in [2.45, 2.75) is 44.9 Å². The predicted octanol–water partition coefficient (Wildman–Crippen LogP) is 0.847. The second-order valence-electron chi connectivity index (χ2n) is 7.41. The van der Waals surface area contributed by atoms with Crippen LogP contribution in [0.15, 0.2) is 24.3 Å². The van der Waals surface area contributed by atoms with E-state index >= 15 is 0 Å². The van der Waals surface area contributed by atoms with Gasteiger partial charge in [0.1, 0.15) is 11.9 Å². The number of piperazine rings is 1. The lowest BCUT2D eigenvalue weighted by molar-refractivity contribution is -0.933. The number of nitrogens with zero attached hydrogens (tertiary/aromatic N) is 5. The highest BCUT2D eigenvalue weighted by Gasteiger charge is 2.32. The van der Waals surface area contributed by atoms with Crippen molar-refractivity contribution in [3.8, 4) is 0 Å². The number of rotatable bonds is 6. The maximum Gasteiger partial charge on any atom is 0.209 e. The Morgan fingerprint density at radius 2 is 2.11 bits per heavy atom. The normalized spacial score (nSPS) is 22.3. The van der Waals surface area contributed by atoms with Gasteiger partial charge in [0.05, 0.1) is 44.5 Å². The van der Waals surface area contributed by atoms with Crippen molar-refractivity contribution in [1.29, 1.82) is 0 Å². The average Bonchev–Trinajstić information content (AvgIpc) is 3.37. The fraction of sp³-hybridized carbons (Fsp3) is 0.632. The van der Waals surface area contributed by atoms with Crippen molar-refractivity contribution in [2.75, 3.05) is 37.7 Å². The van der Waals surface area contributed by atoms with Gasteiger partial charge in [0.15, 0.2) is 0 Å². The molecule has 4 rings (SSSR count). The van der Waals surface area contributed by atoms with E-state index in [4.69, 9.17) is 4.74 Å². The first-order valence-corrected chi connectivity index (χ1v) is 9.98. The minimum Gasteiger partial charge on any atom is -0.376 e. The van der Waals surface area contributed by atoms with E-state index in [9.17, 15) is 4.39 Å². The molecule has 1 N–H and O–H groups in total. The van der Waals surface area contributed by atoms with E-state index in [2.05, 4.69) is 27.3 Å². The molecule has 1 aromatic heterocycles. The lowest BCUT2D eigenvalue weighted by Gasteiger charge is -2.37. The molecule has 2 saturated heterocycles. The average molecular weight is 375 g/mol. The Morgan fingerprint density at radius 1 is 1.30 bits per heavy atom. The summed E-state index contributed by atoms with van der Waals surface area (Å²) in [6.07, 6.45) is 3.38. The summed E-state index contributed by atoms with van der Waals surface area (Å²) in [7, 11) is 0. The molecule has 0 amide bonds. The largest absolute Gasteiger partial charge is 0.376 e. The summed E-state index contributed by atoms with van der Waals surface area (Å²) in [6.45, 7) is 7.31. The SMILES string of the molecule is CC[C@@H](c1nnnn1C[C@H]1CCCO1)[NH+]1CCN(c2ccccc2F)CC1. The van der Waals surface area contributed by atoms with Crippen molar-refractivity contribution < 1.29 is 14.0 Å². The Hall–Kier alpha value is -2.06.